The Labute approximate surface area is 152 Å². The van der Waals surface area contributed by atoms with Crippen molar-refractivity contribution in [2.24, 2.45) is 0 Å². The first-order valence-electron chi connectivity index (χ1n) is 8.52. The molecule has 130 valence electrons. The summed E-state index contributed by atoms with van der Waals surface area (Å²) < 4.78 is 13.2. The molecule has 2 aromatic rings. The van der Waals surface area contributed by atoms with E-state index < -0.39 is 0 Å². The van der Waals surface area contributed by atoms with Crippen molar-refractivity contribution < 1.29 is 9.18 Å². The number of carbonyl (C=O) groups is 1. The Balaban J connectivity index is 2.13. The monoisotopic (exact) mass is 357 g/mol. The van der Waals surface area contributed by atoms with Crippen molar-refractivity contribution in [3.05, 3.63) is 63.9 Å². The second-order valence-electron chi connectivity index (χ2n) is 6.45. The van der Waals surface area contributed by atoms with Crippen molar-refractivity contribution in [3.63, 3.8) is 0 Å². The highest BCUT2D eigenvalue weighted by atomic mass is 35.5. The second kappa shape index (κ2) is 7.40. The van der Waals surface area contributed by atoms with Crippen LogP contribution in [0.1, 0.15) is 37.3 Å². The van der Waals surface area contributed by atoms with Crippen LogP contribution in [0, 0.1) is 12.7 Å². The van der Waals surface area contributed by atoms with Crippen molar-refractivity contribution in [2.45, 2.75) is 33.1 Å². The summed E-state index contributed by atoms with van der Waals surface area (Å²) in [6.45, 7) is 4.72. The minimum atomic E-state index is -0.267. The van der Waals surface area contributed by atoms with E-state index in [4.69, 9.17) is 11.6 Å². The van der Waals surface area contributed by atoms with Crippen LogP contribution in [0.4, 0.5) is 4.39 Å². The average Bonchev–Trinajstić information content (AvgIpc) is 2.81. The van der Waals surface area contributed by atoms with Gasteiger partial charge in [-0.1, -0.05) is 23.7 Å². The van der Waals surface area contributed by atoms with Crippen LogP contribution < -0.4 is 5.32 Å². The molecule has 2 aromatic carbocycles. The van der Waals surface area contributed by atoms with E-state index in [9.17, 15) is 9.18 Å². The molecule has 1 N–H and O–H groups in total. The van der Waals surface area contributed by atoms with Crippen molar-refractivity contribution >= 4 is 23.1 Å². The third kappa shape index (κ3) is 3.77. The minimum Gasteiger partial charge on any atom is -0.352 e. The molecule has 0 saturated carbocycles. The van der Waals surface area contributed by atoms with Gasteiger partial charge in [0, 0.05) is 17.1 Å². The Morgan fingerprint density at radius 3 is 2.60 bits per heavy atom. The highest BCUT2D eigenvalue weighted by Gasteiger charge is 2.19. The fraction of sp³-hybridized carbons (Fsp3) is 0.286. The number of amides is 1. The molecule has 0 radical (unpaired) electrons. The van der Waals surface area contributed by atoms with Gasteiger partial charge in [-0.3, -0.25) is 4.79 Å². The zero-order chi connectivity index (χ0) is 18.0. The standard InChI is InChI=1S/C21H21ClFNO/c1-13(18-5-3-4-10-24-21(18)25)19-11-16(22)12-20(14(19)2)15-6-8-17(23)9-7-15/h6-9,11-12H,3-5,10H2,1-2H3,(H,24,25)/b18-13+. The number of benzene rings is 2. The SMILES string of the molecule is C/C(=C1/CCCCNC1=O)c1cc(Cl)cc(-c2ccc(F)cc2)c1C. The lowest BCUT2D eigenvalue weighted by atomic mass is 9.90. The van der Waals surface area contributed by atoms with Gasteiger partial charge in [0.25, 0.3) is 0 Å². The number of allylic oxidation sites excluding steroid dienone is 1. The number of hydrogen-bond acceptors (Lipinski definition) is 1. The summed E-state index contributed by atoms with van der Waals surface area (Å²) in [5.41, 5.74) is 5.66. The lowest BCUT2D eigenvalue weighted by molar-refractivity contribution is -0.117. The van der Waals surface area contributed by atoms with E-state index in [-0.39, 0.29) is 11.7 Å². The molecule has 1 aliphatic heterocycles. The summed E-state index contributed by atoms with van der Waals surface area (Å²) in [7, 11) is 0. The van der Waals surface area contributed by atoms with E-state index in [1.165, 1.54) is 12.1 Å². The first kappa shape index (κ1) is 17.7. The molecule has 3 rings (SSSR count). The zero-order valence-electron chi connectivity index (χ0n) is 14.5. The number of nitrogens with one attached hydrogen (secondary N) is 1. The number of carbonyl (C=O) groups excluding carboxylic acids is 1. The summed E-state index contributed by atoms with van der Waals surface area (Å²) in [6.07, 6.45) is 2.77. The Bertz CT molecular complexity index is 840. The first-order chi connectivity index (χ1) is 12.0. The van der Waals surface area contributed by atoms with E-state index in [1.807, 2.05) is 26.0 Å². The fourth-order valence-corrected chi connectivity index (χ4v) is 3.59. The van der Waals surface area contributed by atoms with Crippen molar-refractivity contribution in [2.75, 3.05) is 6.54 Å². The van der Waals surface area contributed by atoms with Gasteiger partial charge in [0.05, 0.1) is 0 Å². The van der Waals surface area contributed by atoms with E-state index in [0.29, 0.717) is 5.02 Å². The maximum Gasteiger partial charge on any atom is 0.247 e. The molecule has 1 amide bonds. The summed E-state index contributed by atoms with van der Waals surface area (Å²) in [5.74, 6) is -0.255. The third-order valence-corrected chi connectivity index (χ3v) is 5.02. The normalized spacial score (nSPS) is 17.0. The van der Waals surface area contributed by atoms with Gasteiger partial charge < -0.3 is 5.32 Å². The van der Waals surface area contributed by atoms with E-state index in [2.05, 4.69) is 5.32 Å². The van der Waals surface area contributed by atoms with Gasteiger partial charge in [0.1, 0.15) is 5.82 Å². The quantitative estimate of drug-likeness (QED) is 0.703. The molecule has 1 aliphatic rings. The van der Waals surface area contributed by atoms with Crippen LogP contribution in [0.3, 0.4) is 0 Å². The molecule has 0 atom stereocenters. The first-order valence-corrected chi connectivity index (χ1v) is 8.89. The predicted octanol–water partition coefficient (Wildman–Crippen LogP) is 5.53. The van der Waals surface area contributed by atoms with E-state index in [1.54, 1.807) is 12.1 Å². The van der Waals surface area contributed by atoms with E-state index >= 15 is 0 Å². The van der Waals surface area contributed by atoms with Crippen molar-refractivity contribution in [3.8, 4) is 11.1 Å². The Morgan fingerprint density at radius 2 is 1.88 bits per heavy atom. The Morgan fingerprint density at radius 1 is 1.16 bits per heavy atom. The Kier molecular flexibility index (Phi) is 5.24. The summed E-state index contributed by atoms with van der Waals surface area (Å²) >= 11 is 6.36. The predicted molar refractivity (Wildman–Crippen MR) is 101 cm³/mol. The van der Waals surface area contributed by atoms with Crippen LogP contribution in [0.25, 0.3) is 16.7 Å². The van der Waals surface area contributed by atoms with Gasteiger partial charge in [-0.25, -0.2) is 4.39 Å². The number of halogens is 2. The lowest BCUT2D eigenvalue weighted by Gasteiger charge is -2.16. The van der Waals surface area contributed by atoms with Crippen molar-refractivity contribution in [1.82, 2.24) is 5.32 Å². The fourth-order valence-electron chi connectivity index (χ4n) is 3.37. The third-order valence-electron chi connectivity index (χ3n) is 4.80. The molecule has 0 unspecified atom stereocenters. The van der Waals surface area contributed by atoms with Crippen LogP contribution in [0.5, 0.6) is 0 Å². The molecule has 0 aliphatic carbocycles. The Hall–Kier alpha value is -2.13. The molecule has 4 heteroatoms. The van der Waals surface area contributed by atoms with Crippen LogP contribution >= 0.6 is 11.6 Å². The molecular formula is C21H21ClFNO. The highest BCUT2D eigenvalue weighted by molar-refractivity contribution is 6.31. The van der Waals surface area contributed by atoms with Crippen LogP contribution in [0.2, 0.25) is 5.02 Å². The largest absolute Gasteiger partial charge is 0.352 e. The highest BCUT2D eigenvalue weighted by Crippen LogP contribution is 2.35. The summed E-state index contributed by atoms with van der Waals surface area (Å²) in [5, 5.41) is 3.57. The molecule has 1 heterocycles. The molecule has 1 fully saturated rings. The second-order valence-corrected chi connectivity index (χ2v) is 6.89. The summed E-state index contributed by atoms with van der Waals surface area (Å²) in [6, 6.07) is 10.2. The minimum absolute atomic E-state index is 0.0118. The van der Waals surface area contributed by atoms with Crippen LogP contribution in [-0.4, -0.2) is 12.5 Å². The van der Waals surface area contributed by atoms with E-state index in [0.717, 1.165) is 59.2 Å². The molecule has 0 spiro atoms. The summed E-state index contributed by atoms with van der Waals surface area (Å²) in [4.78, 5) is 12.4. The maximum absolute atomic E-state index is 13.2. The topological polar surface area (TPSA) is 29.1 Å². The van der Waals surface area contributed by atoms with Crippen LogP contribution in [-0.2, 0) is 4.79 Å². The van der Waals surface area contributed by atoms with Gasteiger partial charge in [0.15, 0.2) is 0 Å². The van der Waals surface area contributed by atoms with Crippen LogP contribution in [0.15, 0.2) is 42.0 Å². The number of hydrogen-bond donors (Lipinski definition) is 1. The number of rotatable bonds is 2. The molecule has 0 bridgehead atoms. The molecule has 2 nitrogen and oxygen atoms in total. The molecule has 1 saturated heterocycles. The molecule has 25 heavy (non-hydrogen) atoms. The average molecular weight is 358 g/mol. The van der Waals surface area contributed by atoms with Gasteiger partial charge in [-0.2, -0.15) is 0 Å². The molecular weight excluding hydrogens is 337 g/mol. The smallest absolute Gasteiger partial charge is 0.247 e. The van der Waals surface area contributed by atoms with Gasteiger partial charge in [-0.15, -0.1) is 0 Å². The molecule has 0 aromatic heterocycles. The maximum atomic E-state index is 13.2. The van der Waals surface area contributed by atoms with Gasteiger partial charge >= 0.3 is 0 Å². The van der Waals surface area contributed by atoms with Gasteiger partial charge in [-0.05, 0) is 85.2 Å². The van der Waals surface area contributed by atoms with Gasteiger partial charge in [0.2, 0.25) is 5.91 Å². The van der Waals surface area contributed by atoms with Crippen molar-refractivity contribution in [1.29, 1.82) is 0 Å². The zero-order valence-corrected chi connectivity index (χ0v) is 15.2. The lowest BCUT2D eigenvalue weighted by Crippen LogP contribution is -2.24.